The Morgan fingerprint density at radius 3 is 2.64 bits per heavy atom. The normalized spacial score (nSPS) is 11.1. The Morgan fingerprint density at radius 2 is 2.09 bits per heavy atom. The molecule has 0 unspecified atom stereocenters. The van der Waals surface area contributed by atoms with Gasteiger partial charge in [0.1, 0.15) is 12.4 Å². The maximum atomic E-state index is 7.12. The van der Waals surface area contributed by atoms with Crippen LogP contribution in [0.1, 0.15) is 5.56 Å². The lowest BCUT2D eigenvalue weighted by Crippen LogP contribution is -1.80. The van der Waals surface area contributed by atoms with Crippen LogP contribution in [0.25, 0.3) is 0 Å². The molecule has 0 amide bonds. The Morgan fingerprint density at radius 1 is 1.36 bits per heavy atom. The Labute approximate surface area is 65.6 Å². The molecule has 1 aromatic carbocycles. The zero-order valence-corrected chi connectivity index (χ0v) is 6.03. The Balaban J connectivity index is 0.000000179. The van der Waals surface area contributed by atoms with Crippen molar-refractivity contribution >= 4 is 7.69 Å². The highest BCUT2D eigenvalue weighted by Crippen LogP contribution is 2.20. The van der Waals surface area contributed by atoms with E-state index in [4.69, 9.17) is 14.8 Å². The zero-order valence-electron chi connectivity index (χ0n) is 6.03. The monoisotopic (exact) mass is 152 g/mol. The van der Waals surface area contributed by atoms with E-state index in [-0.39, 0.29) is 0 Å². The quantitative estimate of drug-likeness (QED) is 0.506. The van der Waals surface area contributed by atoms with E-state index in [0.717, 1.165) is 12.4 Å². The van der Waals surface area contributed by atoms with Crippen molar-refractivity contribution in [2.24, 2.45) is 0 Å². The highest BCUT2D eigenvalue weighted by Gasteiger charge is 2.03. The predicted molar refractivity (Wildman–Crippen MR) is 42.4 cm³/mol. The zero-order chi connectivity index (χ0) is 8.10. The van der Waals surface area contributed by atoms with Gasteiger partial charge in [-0.3, -0.25) is 0 Å². The van der Waals surface area contributed by atoms with E-state index in [2.05, 4.69) is 12.1 Å². The average molecular weight is 152 g/mol. The van der Waals surface area contributed by atoms with E-state index < -0.39 is 7.69 Å². The summed E-state index contributed by atoms with van der Waals surface area (Å²) in [6.45, 7) is 0.766. The van der Waals surface area contributed by atoms with Gasteiger partial charge in [0, 0.05) is 0 Å². The molecule has 0 saturated carbocycles. The van der Waals surface area contributed by atoms with Gasteiger partial charge < -0.3 is 14.8 Å². The summed E-state index contributed by atoms with van der Waals surface area (Å²) in [5, 5.41) is 14.2. The maximum absolute atomic E-state index is 7.12. The van der Waals surface area contributed by atoms with Crippen LogP contribution < -0.4 is 4.74 Å². The lowest BCUT2D eigenvalue weighted by Gasteiger charge is -1.88. The molecule has 1 aromatic rings. The fraction of sp³-hybridized carbons (Fsp3) is 0.143. The van der Waals surface area contributed by atoms with Gasteiger partial charge >= 0.3 is 7.69 Å². The third-order valence-corrected chi connectivity index (χ3v) is 1.30. The molecule has 2 N–H and O–H groups in total. The van der Waals surface area contributed by atoms with Gasteiger partial charge in [0.15, 0.2) is 0 Å². The third kappa shape index (κ3) is 2.25. The fourth-order valence-electron chi connectivity index (χ4n) is 0.892. The lowest BCUT2D eigenvalue weighted by molar-refractivity contribution is 0.328. The molecule has 2 bridgehead atoms. The molecule has 1 aliphatic rings. The van der Waals surface area contributed by atoms with Crippen LogP contribution in [0.15, 0.2) is 24.3 Å². The van der Waals surface area contributed by atoms with Gasteiger partial charge in [-0.15, -0.1) is 0 Å². The number of hydrogen-bond acceptors (Lipinski definition) is 3. The molecule has 0 spiro atoms. The standard InChI is InChI=1S/C7H6O.BH3O2/c1-2-6-4-7(3-1)8-5-6;2-1-3/h1-4H,5H2;1-3H. The number of fused-ring (bicyclic) bond motifs is 2. The van der Waals surface area contributed by atoms with Gasteiger partial charge in [-0.05, 0) is 17.7 Å². The summed E-state index contributed by atoms with van der Waals surface area (Å²) < 4.78 is 5.18. The molecular weight excluding hydrogens is 143 g/mol. The number of benzene rings is 1. The number of hydrogen-bond donors (Lipinski definition) is 2. The molecule has 2 rings (SSSR count). The van der Waals surface area contributed by atoms with E-state index in [1.165, 1.54) is 5.56 Å². The largest absolute Gasteiger partial charge is 0.489 e. The molecule has 58 valence electrons. The first kappa shape index (κ1) is 8.10. The van der Waals surface area contributed by atoms with Crippen LogP contribution in [-0.2, 0) is 6.61 Å². The molecule has 1 aliphatic heterocycles. The molecule has 0 aliphatic carbocycles. The minimum Gasteiger partial charge on any atom is -0.489 e. The second-order valence-corrected chi connectivity index (χ2v) is 2.08. The third-order valence-electron chi connectivity index (χ3n) is 1.30. The van der Waals surface area contributed by atoms with E-state index in [0.29, 0.717) is 0 Å². The smallest absolute Gasteiger partial charge is 0.432 e. The van der Waals surface area contributed by atoms with Crippen LogP contribution in [0.3, 0.4) is 0 Å². The van der Waals surface area contributed by atoms with E-state index in [1.807, 2.05) is 12.1 Å². The Hall–Kier alpha value is -0.995. The van der Waals surface area contributed by atoms with Crippen molar-refractivity contribution in [1.82, 2.24) is 0 Å². The van der Waals surface area contributed by atoms with Gasteiger partial charge in [0.25, 0.3) is 0 Å². The van der Waals surface area contributed by atoms with Gasteiger partial charge in [-0.25, -0.2) is 0 Å². The molecule has 0 radical (unpaired) electrons. The van der Waals surface area contributed by atoms with E-state index in [9.17, 15) is 0 Å². The fourth-order valence-corrected chi connectivity index (χ4v) is 0.892. The maximum Gasteiger partial charge on any atom is 0.432 e. The second kappa shape index (κ2) is 4.00. The SMILES string of the molecule is OBO.c1cc2cc(c1)OC2. The van der Waals surface area contributed by atoms with Crippen molar-refractivity contribution in [3.05, 3.63) is 29.8 Å². The summed E-state index contributed by atoms with van der Waals surface area (Å²) in [7, 11) is -0.750. The van der Waals surface area contributed by atoms with Crippen molar-refractivity contribution in [3.63, 3.8) is 0 Å². The molecule has 0 atom stereocenters. The first-order valence-corrected chi connectivity index (χ1v) is 3.30. The summed E-state index contributed by atoms with van der Waals surface area (Å²) in [5.74, 6) is 1.00. The number of rotatable bonds is 0. The Bertz CT molecular complexity index is 207. The van der Waals surface area contributed by atoms with Gasteiger partial charge in [0.2, 0.25) is 0 Å². The minimum absolute atomic E-state index is 0.750. The number of ether oxygens (including phenoxy) is 1. The van der Waals surface area contributed by atoms with Crippen LogP contribution in [0.2, 0.25) is 0 Å². The summed E-state index contributed by atoms with van der Waals surface area (Å²) in [5.41, 5.74) is 1.28. The van der Waals surface area contributed by atoms with Crippen LogP contribution in [0, 0.1) is 0 Å². The van der Waals surface area contributed by atoms with Crippen molar-refractivity contribution in [3.8, 4) is 5.75 Å². The van der Waals surface area contributed by atoms with E-state index >= 15 is 0 Å². The van der Waals surface area contributed by atoms with Crippen LogP contribution >= 0.6 is 0 Å². The van der Waals surface area contributed by atoms with Gasteiger partial charge in [-0.2, -0.15) is 0 Å². The van der Waals surface area contributed by atoms with Gasteiger partial charge in [-0.1, -0.05) is 12.1 Å². The van der Waals surface area contributed by atoms with Gasteiger partial charge in [0.05, 0.1) is 0 Å². The molecule has 4 heteroatoms. The first-order chi connectivity index (χ1) is 5.36. The predicted octanol–water partition coefficient (Wildman–Crippen LogP) is -0.183. The molecular formula is C7H9BO3. The highest BCUT2D eigenvalue weighted by atomic mass is 16.5. The molecule has 0 aromatic heterocycles. The van der Waals surface area contributed by atoms with Crippen LogP contribution in [0.4, 0.5) is 0 Å². The topological polar surface area (TPSA) is 49.7 Å². The average Bonchev–Trinajstić information content (AvgIpc) is 2.33. The van der Waals surface area contributed by atoms with Crippen molar-refractivity contribution in [1.29, 1.82) is 0 Å². The molecule has 3 nitrogen and oxygen atoms in total. The summed E-state index contributed by atoms with van der Waals surface area (Å²) in [6, 6.07) is 8.10. The summed E-state index contributed by atoms with van der Waals surface area (Å²) in [4.78, 5) is 0. The van der Waals surface area contributed by atoms with Crippen molar-refractivity contribution in [2.75, 3.05) is 0 Å². The molecule has 0 saturated heterocycles. The van der Waals surface area contributed by atoms with Crippen LogP contribution in [-0.4, -0.2) is 17.7 Å². The molecule has 1 heterocycles. The Kier molecular flexibility index (Phi) is 2.95. The minimum atomic E-state index is -0.750. The van der Waals surface area contributed by atoms with Crippen molar-refractivity contribution < 1.29 is 14.8 Å². The lowest BCUT2D eigenvalue weighted by atomic mass is 10.2. The molecule has 0 fully saturated rings. The van der Waals surface area contributed by atoms with Crippen LogP contribution in [0.5, 0.6) is 5.75 Å². The van der Waals surface area contributed by atoms with E-state index in [1.54, 1.807) is 0 Å². The summed E-state index contributed by atoms with van der Waals surface area (Å²) in [6.07, 6.45) is 0. The summed E-state index contributed by atoms with van der Waals surface area (Å²) >= 11 is 0. The highest BCUT2D eigenvalue weighted by molar-refractivity contribution is 6.13. The first-order valence-electron chi connectivity index (χ1n) is 3.30. The van der Waals surface area contributed by atoms with Crippen molar-refractivity contribution in [2.45, 2.75) is 6.61 Å². The molecule has 11 heavy (non-hydrogen) atoms. The second-order valence-electron chi connectivity index (χ2n) is 2.08.